The number of carboxylic acid groups (broad SMARTS) is 1. The van der Waals surface area contributed by atoms with E-state index in [2.05, 4.69) is 15.5 Å². The number of likely N-dealkylation sites (tertiary alicyclic amines) is 1. The molecule has 1 aliphatic heterocycles. The number of aliphatic carboxylic acids is 1. The van der Waals surface area contributed by atoms with Crippen LogP contribution in [0.25, 0.3) is 0 Å². The van der Waals surface area contributed by atoms with Crippen LogP contribution in [-0.4, -0.2) is 67.1 Å². The van der Waals surface area contributed by atoms with Gasteiger partial charge in [0.25, 0.3) is 0 Å². The number of rotatable bonds is 4. The molecule has 2 rings (SSSR count). The number of nitrogens with zero attached hydrogens (tertiary/aromatic N) is 4. The molecule has 0 radical (unpaired) electrons. The lowest BCUT2D eigenvalue weighted by molar-refractivity contribution is -0.141. The van der Waals surface area contributed by atoms with E-state index in [9.17, 15) is 14.7 Å². The van der Waals surface area contributed by atoms with Crippen molar-refractivity contribution in [2.45, 2.75) is 25.0 Å². The van der Waals surface area contributed by atoms with Gasteiger partial charge in [-0.2, -0.15) is 0 Å². The molecule has 20 heavy (non-hydrogen) atoms. The summed E-state index contributed by atoms with van der Waals surface area (Å²) >= 11 is 0. The number of β-amino-alcohol motifs (C(OH)–C–C–N with tert-alkyl or cyclic N) is 1. The number of amides is 2. The monoisotopic (exact) mass is 283 g/mol. The third kappa shape index (κ3) is 3.05. The lowest BCUT2D eigenvalue weighted by atomic mass is 10.2. The van der Waals surface area contributed by atoms with Gasteiger partial charge in [0, 0.05) is 33.0 Å². The van der Waals surface area contributed by atoms with Crippen molar-refractivity contribution in [3.63, 3.8) is 0 Å². The Morgan fingerprint density at radius 1 is 1.55 bits per heavy atom. The van der Waals surface area contributed by atoms with Crippen LogP contribution in [0.15, 0.2) is 6.33 Å². The van der Waals surface area contributed by atoms with Gasteiger partial charge in [0.1, 0.15) is 18.2 Å². The Labute approximate surface area is 115 Å². The van der Waals surface area contributed by atoms with Crippen molar-refractivity contribution in [2.24, 2.45) is 7.05 Å². The summed E-state index contributed by atoms with van der Waals surface area (Å²) in [4.78, 5) is 24.1. The van der Waals surface area contributed by atoms with Gasteiger partial charge in [0.2, 0.25) is 0 Å². The molecule has 0 unspecified atom stereocenters. The number of hydrogen-bond acceptors (Lipinski definition) is 5. The van der Waals surface area contributed by atoms with Crippen molar-refractivity contribution in [2.75, 3.05) is 13.1 Å². The quantitative estimate of drug-likeness (QED) is 0.624. The number of aryl methyl sites for hydroxylation is 1. The Balaban J connectivity index is 1.85. The zero-order valence-corrected chi connectivity index (χ0v) is 11.1. The fraction of sp³-hybridized carbons (Fsp3) is 0.636. The number of carbonyl (C=O) groups excluding carboxylic acids is 1. The molecule has 3 N–H and O–H groups in total. The van der Waals surface area contributed by atoms with Crippen molar-refractivity contribution >= 4 is 12.0 Å². The summed E-state index contributed by atoms with van der Waals surface area (Å²) in [5, 5.41) is 28.7. The first kappa shape index (κ1) is 14.3. The SMILES string of the molecule is Cn1cnnc1CCNC(=O)N1C[C@H](O)C[C@@H]1C(=O)O. The van der Waals surface area contributed by atoms with Crippen LogP contribution in [-0.2, 0) is 18.3 Å². The number of aliphatic hydroxyl groups excluding tert-OH is 1. The molecule has 1 aliphatic rings. The summed E-state index contributed by atoms with van der Waals surface area (Å²) in [6.07, 6.45) is 1.33. The summed E-state index contributed by atoms with van der Waals surface area (Å²) in [6.45, 7) is 0.358. The minimum atomic E-state index is -1.11. The molecule has 1 aromatic rings. The van der Waals surface area contributed by atoms with E-state index < -0.39 is 24.1 Å². The first-order valence-electron chi connectivity index (χ1n) is 6.27. The van der Waals surface area contributed by atoms with Gasteiger partial charge in [-0.15, -0.1) is 10.2 Å². The van der Waals surface area contributed by atoms with Gasteiger partial charge in [-0.3, -0.25) is 0 Å². The summed E-state index contributed by atoms with van der Waals surface area (Å²) in [5.41, 5.74) is 0. The Kier molecular flexibility index (Phi) is 4.18. The topological polar surface area (TPSA) is 121 Å². The lowest BCUT2D eigenvalue weighted by Gasteiger charge is -2.21. The molecule has 0 saturated carbocycles. The van der Waals surface area contributed by atoms with Crippen LogP contribution in [0.4, 0.5) is 4.79 Å². The molecule has 0 bridgehead atoms. The van der Waals surface area contributed by atoms with Gasteiger partial charge < -0.3 is 25.0 Å². The van der Waals surface area contributed by atoms with E-state index in [1.54, 1.807) is 17.9 Å². The van der Waals surface area contributed by atoms with Crippen LogP contribution in [0, 0.1) is 0 Å². The van der Waals surface area contributed by atoms with Crippen LogP contribution in [0.1, 0.15) is 12.2 Å². The highest BCUT2D eigenvalue weighted by Crippen LogP contribution is 2.17. The number of carbonyl (C=O) groups is 2. The van der Waals surface area contributed by atoms with E-state index in [0.717, 1.165) is 10.7 Å². The molecule has 9 nitrogen and oxygen atoms in total. The summed E-state index contributed by atoms with van der Waals surface area (Å²) in [6, 6.07) is -1.46. The fourth-order valence-electron chi connectivity index (χ4n) is 2.19. The number of urea groups is 1. The third-order valence-electron chi connectivity index (χ3n) is 3.25. The predicted molar refractivity (Wildman–Crippen MR) is 66.9 cm³/mol. The molecule has 110 valence electrons. The van der Waals surface area contributed by atoms with Crippen LogP contribution in [0.3, 0.4) is 0 Å². The van der Waals surface area contributed by atoms with Crippen molar-refractivity contribution in [1.82, 2.24) is 25.0 Å². The molecule has 2 atom stereocenters. The molecule has 2 amide bonds. The molecule has 1 aromatic heterocycles. The van der Waals surface area contributed by atoms with Gasteiger partial charge in [0.15, 0.2) is 0 Å². The zero-order chi connectivity index (χ0) is 14.7. The van der Waals surface area contributed by atoms with E-state index >= 15 is 0 Å². The van der Waals surface area contributed by atoms with Gasteiger partial charge in [-0.25, -0.2) is 9.59 Å². The first-order chi connectivity index (χ1) is 9.49. The van der Waals surface area contributed by atoms with Crippen molar-refractivity contribution < 1.29 is 19.8 Å². The van der Waals surface area contributed by atoms with E-state index in [1.165, 1.54) is 0 Å². The molecule has 2 heterocycles. The zero-order valence-electron chi connectivity index (χ0n) is 11.1. The molecular weight excluding hydrogens is 266 g/mol. The highest BCUT2D eigenvalue weighted by molar-refractivity contribution is 5.83. The van der Waals surface area contributed by atoms with Gasteiger partial charge in [-0.05, 0) is 0 Å². The summed E-state index contributed by atoms with van der Waals surface area (Å²) in [5.74, 6) is -0.383. The Hall–Kier alpha value is -2.16. The summed E-state index contributed by atoms with van der Waals surface area (Å²) in [7, 11) is 1.80. The largest absolute Gasteiger partial charge is 0.480 e. The fourth-order valence-corrected chi connectivity index (χ4v) is 2.19. The number of aromatic nitrogens is 3. The second-order valence-electron chi connectivity index (χ2n) is 4.74. The lowest BCUT2D eigenvalue weighted by Crippen LogP contribution is -2.46. The van der Waals surface area contributed by atoms with Crippen molar-refractivity contribution in [3.05, 3.63) is 12.2 Å². The molecule has 1 fully saturated rings. The molecule has 0 aromatic carbocycles. The Morgan fingerprint density at radius 3 is 2.90 bits per heavy atom. The normalized spacial score (nSPS) is 22.0. The third-order valence-corrected chi connectivity index (χ3v) is 3.25. The summed E-state index contributed by atoms with van der Waals surface area (Å²) < 4.78 is 1.74. The maximum Gasteiger partial charge on any atom is 0.326 e. The second-order valence-corrected chi connectivity index (χ2v) is 4.74. The van der Waals surface area contributed by atoms with Gasteiger partial charge >= 0.3 is 12.0 Å². The molecular formula is C11H17N5O4. The van der Waals surface area contributed by atoms with Crippen LogP contribution < -0.4 is 5.32 Å². The second kappa shape index (κ2) is 5.87. The number of aliphatic hydroxyl groups is 1. The highest BCUT2D eigenvalue weighted by atomic mass is 16.4. The minimum absolute atomic E-state index is 0.0345. The van der Waals surface area contributed by atoms with Crippen LogP contribution in [0.5, 0.6) is 0 Å². The maximum atomic E-state index is 11.9. The maximum absolute atomic E-state index is 11.9. The smallest absolute Gasteiger partial charge is 0.326 e. The number of nitrogens with one attached hydrogen (secondary N) is 1. The van der Waals surface area contributed by atoms with Crippen LogP contribution >= 0.6 is 0 Å². The molecule has 0 spiro atoms. The Morgan fingerprint density at radius 2 is 2.30 bits per heavy atom. The molecule has 0 aliphatic carbocycles. The van der Waals surface area contributed by atoms with Crippen molar-refractivity contribution in [1.29, 1.82) is 0 Å². The average molecular weight is 283 g/mol. The molecule has 1 saturated heterocycles. The van der Waals surface area contributed by atoms with E-state index in [4.69, 9.17) is 5.11 Å². The highest BCUT2D eigenvalue weighted by Gasteiger charge is 2.38. The van der Waals surface area contributed by atoms with Crippen LogP contribution in [0.2, 0.25) is 0 Å². The molecule has 9 heteroatoms. The van der Waals surface area contributed by atoms with Crippen molar-refractivity contribution in [3.8, 4) is 0 Å². The van der Waals surface area contributed by atoms with E-state index in [0.29, 0.717) is 13.0 Å². The predicted octanol–water partition coefficient (Wildman–Crippen LogP) is -1.41. The van der Waals surface area contributed by atoms with E-state index in [1.807, 2.05) is 0 Å². The number of carboxylic acids is 1. The average Bonchev–Trinajstić information content (AvgIpc) is 2.96. The first-order valence-corrected chi connectivity index (χ1v) is 6.27. The standard InChI is InChI=1S/C11H17N5O4/c1-15-6-13-14-9(15)2-3-12-11(20)16-5-7(17)4-8(16)10(18)19/h6-8,17H,2-5H2,1H3,(H,12,20)(H,18,19)/t7-,8-/m1/s1. The van der Waals surface area contributed by atoms with Gasteiger partial charge in [0.05, 0.1) is 6.10 Å². The number of hydrogen-bond donors (Lipinski definition) is 3. The Bertz CT molecular complexity index is 503. The van der Waals surface area contributed by atoms with E-state index in [-0.39, 0.29) is 13.0 Å². The van der Waals surface area contributed by atoms with Gasteiger partial charge in [-0.1, -0.05) is 0 Å². The minimum Gasteiger partial charge on any atom is -0.480 e.